The van der Waals surface area contributed by atoms with Crippen molar-refractivity contribution < 1.29 is 4.79 Å². The Hall–Kier alpha value is -2.91. The Labute approximate surface area is 205 Å². The van der Waals surface area contributed by atoms with Gasteiger partial charge in [-0.3, -0.25) is 0 Å². The van der Waals surface area contributed by atoms with E-state index in [0.717, 1.165) is 35.5 Å². The van der Waals surface area contributed by atoms with Crippen LogP contribution in [0.2, 0.25) is 5.02 Å². The summed E-state index contributed by atoms with van der Waals surface area (Å²) in [4.78, 5) is 20.4. The van der Waals surface area contributed by atoms with Crippen molar-refractivity contribution >= 4 is 47.2 Å². The zero-order chi connectivity index (χ0) is 22.8. The Morgan fingerprint density at radius 3 is 2.42 bits per heavy atom. The van der Waals surface area contributed by atoms with Gasteiger partial charge in [0.25, 0.3) is 0 Å². The van der Waals surface area contributed by atoms with E-state index in [-0.39, 0.29) is 20.9 Å². The van der Waals surface area contributed by atoms with Crippen LogP contribution in [0.4, 0.5) is 5.82 Å². The number of anilines is 1. The number of benzene rings is 3. The summed E-state index contributed by atoms with van der Waals surface area (Å²) in [5, 5.41) is 0.623. The average Bonchev–Trinajstić information content (AvgIpc) is 2.84. The van der Waals surface area contributed by atoms with Crippen LogP contribution in [0.25, 0.3) is 11.3 Å². The van der Waals surface area contributed by atoms with Crippen LogP contribution >= 0.6 is 11.6 Å². The number of pyridine rings is 1. The van der Waals surface area contributed by atoms with Crippen molar-refractivity contribution in [3.8, 4) is 11.3 Å². The van der Waals surface area contributed by atoms with E-state index in [1.54, 1.807) is 24.3 Å². The molecule has 5 rings (SSSR count). The predicted molar refractivity (Wildman–Crippen MR) is 137 cm³/mol. The van der Waals surface area contributed by atoms with E-state index in [4.69, 9.17) is 16.6 Å². The Balaban J connectivity index is 1.60. The molecule has 0 N–H and O–H groups in total. The third-order valence-electron chi connectivity index (χ3n) is 5.76. The van der Waals surface area contributed by atoms with Gasteiger partial charge in [-0.2, -0.15) is 0 Å². The summed E-state index contributed by atoms with van der Waals surface area (Å²) in [7, 11) is 0. The second-order valence-corrected chi connectivity index (χ2v) is 10.9. The van der Waals surface area contributed by atoms with Gasteiger partial charge >= 0.3 is 206 Å². The van der Waals surface area contributed by atoms with Crippen molar-refractivity contribution in [2.45, 2.75) is 19.8 Å². The molecule has 1 aliphatic heterocycles. The number of halogens is 1. The van der Waals surface area contributed by atoms with Crippen molar-refractivity contribution in [3.05, 3.63) is 107 Å². The molecule has 1 aliphatic rings. The van der Waals surface area contributed by atoms with Crippen LogP contribution in [0, 0.1) is 6.92 Å². The maximum atomic E-state index is 13.4. The zero-order valence-corrected chi connectivity index (χ0v) is 20.8. The third-order valence-corrected chi connectivity index (χ3v) is 8.19. The fourth-order valence-electron chi connectivity index (χ4n) is 4.03. The first kappa shape index (κ1) is 21.9. The molecule has 4 aromatic rings. The number of aromatic nitrogens is 1. The van der Waals surface area contributed by atoms with Crippen LogP contribution in [0.5, 0.6) is 0 Å². The van der Waals surface area contributed by atoms with E-state index in [1.165, 1.54) is 14.5 Å². The number of carbonyl (C=O) groups is 1. The van der Waals surface area contributed by atoms with Gasteiger partial charge in [-0.25, -0.2) is 0 Å². The van der Waals surface area contributed by atoms with Crippen LogP contribution in [-0.4, -0.2) is 32.4 Å². The van der Waals surface area contributed by atoms with E-state index >= 15 is 0 Å². The number of fused-ring (bicyclic) bond motifs is 1. The number of carbonyl (C=O) groups excluding carboxylic acids is 1. The van der Waals surface area contributed by atoms with Crippen molar-refractivity contribution in [3.63, 3.8) is 0 Å². The summed E-state index contributed by atoms with van der Waals surface area (Å²) >= 11 is 6.15. The molecule has 0 saturated heterocycles. The molecule has 1 aromatic heterocycles. The monoisotopic (exact) mass is 518 g/mol. The fraction of sp³-hybridized carbons (Fsp3) is 0.143. The molecule has 1 amide bonds. The van der Waals surface area contributed by atoms with Gasteiger partial charge in [-0.1, -0.05) is 0 Å². The van der Waals surface area contributed by atoms with Crippen LogP contribution in [-0.2, 0) is 6.42 Å². The summed E-state index contributed by atoms with van der Waals surface area (Å²) in [5.74, 6) is 0.751. The number of hydrogen-bond acceptors (Lipinski definition) is 2. The standard InChI is InChI=1S/C28H23ClN2OSe/c1-19-9-11-20(12-10-19)26-25(33-24-7-3-2-4-8-24)18-22-6-5-17-31(27(22)30-26)28(32)21-13-15-23(29)16-14-21/h2-4,7-16,18H,5-6,17H2,1H3. The predicted octanol–water partition coefficient (Wildman–Crippen LogP) is 4.96. The third kappa shape index (κ3) is 4.74. The number of aryl methyl sites for hydroxylation is 2. The molecule has 0 saturated carbocycles. The van der Waals surface area contributed by atoms with E-state index in [0.29, 0.717) is 17.1 Å². The Morgan fingerprint density at radius 2 is 1.70 bits per heavy atom. The molecule has 0 atom stereocenters. The zero-order valence-electron chi connectivity index (χ0n) is 18.3. The van der Waals surface area contributed by atoms with Gasteiger partial charge in [-0.15, -0.1) is 0 Å². The minimum absolute atomic E-state index is 0.0312. The maximum absolute atomic E-state index is 13.4. The molecule has 0 fully saturated rings. The molecule has 2 heterocycles. The Bertz CT molecular complexity index is 1290. The topological polar surface area (TPSA) is 33.2 Å². The molecule has 0 spiro atoms. The molecular formula is C28H23ClN2OSe. The summed E-state index contributed by atoms with van der Waals surface area (Å²) in [6.45, 7) is 2.75. The van der Waals surface area contributed by atoms with Gasteiger partial charge < -0.3 is 0 Å². The van der Waals surface area contributed by atoms with E-state index in [1.807, 2.05) is 11.0 Å². The first-order chi connectivity index (χ1) is 16.1. The Morgan fingerprint density at radius 1 is 0.970 bits per heavy atom. The van der Waals surface area contributed by atoms with Crippen molar-refractivity contribution in [2.24, 2.45) is 0 Å². The van der Waals surface area contributed by atoms with Crippen LogP contribution < -0.4 is 13.8 Å². The summed E-state index contributed by atoms with van der Waals surface area (Å²) in [6.07, 6.45) is 1.86. The van der Waals surface area contributed by atoms with Gasteiger partial charge in [-0.05, 0) is 0 Å². The normalized spacial score (nSPS) is 13.0. The number of nitrogens with zero attached hydrogens (tertiary/aromatic N) is 2. The summed E-state index contributed by atoms with van der Waals surface area (Å²) < 4.78 is 2.56. The molecule has 0 radical (unpaired) electrons. The molecule has 3 nitrogen and oxygen atoms in total. The van der Waals surface area contributed by atoms with Crippen molar-refractivity contribution in [1.82, 2.24) is 4.98 Å². The van der Waals surface area contributed by atoms with E-state index < -0.39 is 0 Å². The minimum atomic E-state index is -0.0312. The van der Waals surface area contributed by atoms with Crippen LogP contribution in [0.15, 0.2) is 84.9 Å². The summed E-state index contributed by atoms with van der Waals surface area (Å²) in [6, 6.07) is 28.4. The number of amides is 1. The molecule has 3 aromatic carbocycles. The first-order valence-electron chi connectivity index (χ1n) is 11.0. The molecule has 0 bridgehead atoms. The van der Waals surface area contributed by atoms with Gasteiger partial charge in [0.05, 0.1) is 0 Å². The average molecular weight is 518 g/mol. The first-order valence-corrected chi connectivity index (χ1v) is 13.1. The second kappa shape index (κ2) is 9.52. The van der Waals surface area contributed by atoms with Crippen molar-refractivity contribution in [2.75, 3.05) is 11.4 Å². The number of rotatable bonds is 4. The SMILES string of the molecule is Cc1ccc(-c2nc3c(cc2[Se]c2ccccc2)CCCN3C(=O)c2ccc(Cl)cc2)cc1. The summed E-state index contributed by atoms with van der Waals surface area (Å²) in [5.41, 5.74) is 5.04. The molecule has 0 unspecified atom stereocenters. The number of hydrogen-bond donors (Lipinski definition) is 0. The molecule has 5 heteroatoms. The van der Waals surface area contributed by atoms with Crippen molar-refractivity contribution in [1.29, 1.82) is 0 Å². The second-order valence-electron chi connectivity index (χ2n) is 8.17. The van der Waals surface area contributed by atoms with Gasteiger partial charge in [0.2, 0.25) is 0 Å². The molecule has 164 valence electrons. The van der Waals surface area contributed by atoms with E-state index in [9.17, 15) is 4.79 Å². The van der Waals surface area contributed by atoms with Gasteiger partial charge in [0, 0.05) is 0 Å². The molecular weight excluding hydrogens is 495 g/mol. The Kier molecular flexibility index (Phi) is 6.32. The van der Waals surface area contributed by atoms with Gasteiger partial charge in [0.1, 0.15) is 0 Å². The fourth-order valence-corrected chi connectivity index (χ4v) is 6.27. The molecule has 33 heavy (non-hydrogen) atoms. The molecule has 0 aliphatic carbocycles. The van der Waals surface area contributed by atoms with E-state index in [2.05, 4.69) is 61.5 Å². The van der Waals surface area contributed by atoms with Gasteiger partial charge in [0.15, 0.2) is 0 Å². The quantitative estimate of drug-likeness (QED) is 0.359. The van der Waals surface area contributed by atoms with Crippen LogP contribution in [0.3, 0.4) is 0 Å². The van der Waals surface area contributed by atoms with Crippen LogP contribution in [0.1, 0.15) is 27.9 Å².